The monoisotopic (exact) mass is 286 g/mol. The summed E-state index contributed by atoms with van der Waals surface area (Å²) in [5.41, 5.74) is 1.37. The molecule has 0 radical (unpaired) electrons. The summed E-state index contributed by atoms with van der Waals surface area (Å²) in [6.45, 7) is 8.28. The molecule has 2 rings (SSSR count). The van der Waals surface area contributed by atoms with E-state index in [-0.39, 0.29) is 0 Å². The smallest absolute Gasteiger partial charge is 0.122 e. The van der Waals surface area contributed by atoms with Gasteiger partial charge in [0.2, 0.25) is 0 Å². The zero-order chi connectivity index (χ0) is 15.1. The van der Waals surface area contributed by atoms with E-state index in [0.717, 1.165) is 32.0 Å². The third-order valence-electron chi connectivity index (χ3n) is 3.98. The summed E-state index contributed by atoms with van der Waals surface area (Å²) in [4.78, 5) is 6.84. The van der Waals surface area contributed by atoms with E-state index in [4.69, 9.17) is 0 Å². The maximum Gasteiger partial charge on any atom is 0.122 e. The lowest BCUT2D eigenvalue weighted by molar-refractivity contribution is 0.212. The Morgan fingerprint density at radius 3 is 2.48 bits per heavy atom. The van der Waals surface area contributed by atoms with Crippen LogP contribution in [0.4, 0.5) is 0 Å². The Bertz CT molecular complexity index is 517. The average Bonchev–Trinajstić information content (AvgIpc) is 2.93. The molecular formula is C17H26N4. The maximum absolute atomic E-state index is 4.36. The summed E-state index contributed by atoms with van der Waals surface area (Å²) < 4.78 is 2.06. The van der Waals surface area contributed by atoms with Crippen molar-refractivity contribution in [2.45, 2.75) is 26.4 Å². The van der Waals surface area contributed by atoms with E-state index in [1.165, 1.54) is 5.56 Å². The van der Waals surface area contributed by atoms with Gasteiger partial charge in [0.25, 0.3) is 0 Å². The summed E-state index contributed by atoms with van der Waals surface area (Å²) in [5.74, 6) is 1.07. The number of likely N-dealkylation sites (N-methyl/N-ethyl adjacent to an activating group) is 1. The molecule has 0 amide bonds. The second kappa shape index (κ2) is 7.96. The number of nitrogens with one attached hydrogen (secondary N) is 1. The average molecular weight is 286 g/mol. The number of rotatable bonds is 8. The lowest BCUT2D eigenvalue weighted by atomic mass is 10.1. The van der Waals surface area contributed by atoms with E-state index in [9.17, 15) is 0 Å². The van der Waals surface area contributed by atoms with Gasteiger partial charge in [-0.1, -0.05) is 44.2 Å². The van der Waals surface area contributed by atoms with Gasteiger partial charge < -0.3 is 9.88 Å². The second-order valence-electron chi connectivity index (χ2n) is 5.23. The molecule has 1 unspecified atom stereocenters. The van der Waals surface area contributed by atoms with Gasteiger partial charge >= 0.3 is 0 Å². The van der Waals surface area contributed by atoms with Gasteiger partial charge in [-0.15, -0.1) is 0 Å². The molecule has 1 heterocycles. The van der Waals surface area contributed by atoms with E-state index in [0.29, 0.717) is 6.04 Å². The molecule has 1 N–H and O–H groups in total. The standard InChI is InChI=1S/C17H26N4/c1-4-21(5-2)16(15-9-7-6-8-10-15)13-18-14-17-19-11-12-20(17)3/h6-12,16,18H,4-5,13-14H2,1-3H3. The van der Waals surface area contributed by atoms with Crippen LogP contribution >= 0.6 is 0 Å². The Balaban J connectivity index is 2.01. The molecule has 0 aliphatic heterocycles. The molecule has 4 nitrogen and oxygen atoms in total. The Morgan fingerprint density at radius 1 is 1.19 bits per heavy atom. The minimum atomic E-state index is 0.404. The largest absolute Gasteiger partial charge is 0.337 e. The van der Waals surface area contributed by atoms with Gasteiger partial charge in [0.15, 0.2) is 0 Å². The van der Waals surface area contributed by atoms with Crippen LogP contribution in [0.25, 0.3) is 0 Å². The van der Waals surface area contributed by atoms with Crippen molar-refractivity contribution < 1.29 is 0 Å². The molecule has 2 aromatic rings. The van der Waals surface area contributed by atoms with Crippen molar-refractivity contribution in [3.05, 3.63) is 54.1 Å². The van der Waals surface area contributed by atoms with Gasteiger partial charge in [-0.25, -0.2) is 4.98 Å². The zero-order valence-corrected chi connectivity index (χ0v) is 13.3. The van der Waals surface area contributed by atoms with Gasteiger partial charge in [0.1, 0.15) is 5.82 Å². The predicted octanol–water partition coefficient (Wildman–Crippen LogP) is 2.59. The van der Waals surface area contributed by atoms with Crippen LogP contribution in [0.3, 0.4) is 0 Å². The number of hydrogen-bond donors (Lipinski definition) is 1. The highest BCUT2D eigenvalue weighted by atomic mass is 15.2. The van der Waals surface area contributed by atoms with Crippen LogP contribution in [-0.2, 0) is 13.6 Å². The second-order valence-corrected chi connectivity index (χ2v) is 5.23. The molecule has 0 bridgehead atoms. The molecule has 4 heteroatoms. The Kier molecular flexibility index (Phi) is 5.96. The van der Waals surface area contributed by atoms with Crippen molar-refractivity contribution in [3.63, 3.8) is 0 Å². The number of nitrogens with zero attached hydrogens (tertiary/aromatic N) is 3. The summed E-state index contributed by atoms with van der Waals surface area (Å²) in [5, 5.41) is 3.55. The number of aryl methyl sites for hydroxylation is 1. The molecule has 0 saturated carbocycles. The molecule has 0 spiro atoms. The van der Waals surface area contributed by atoms with E-state index < -0.39 is 0 Å². The highest BCUT2D eigenvalue weighted by Crippen LogP contribution is 2.19. The highest BCUT2D eigenvalue weighted by molar-refractivity contribution is 5.19. The zero-order valence-electron chi connectivity index (χ0n) is 13.3. The fourth-order valence-corrected chi connectivity index (χ4v) is 2.68. The normalized spacial score (nSPS) is 12.8. The molecule has 0 fully saturated rings. The molecule has 1 aromatic heterocycles. The van der Waals surface area contributed by atoms with E-state index in [2.05, 4.69) is 63.9 Å². The molecule has 0 saturated heterocycles. The quantitative estimate of drug-likeness (QED) is 0.810. The molecule has 21 heavy (non-hydrogen) atoms. The lowest BCUT2D eigenvalue weighted by Gasteiger charge is -2.30. The van der Waals surface area contributed by atoms with Gasteiger partial charge in [0, 0.05) is 32.0 Å². The van der Waals surface area contributed by atoms with Crippen LogP contribution < -0.4 is 5.32 Å². The van der Waals surface area contributed by atoms with Gasteiger partial charge in [0.05, 0.1) is 6.54 Å². The van der Waals surface area contributed by atoms with Crippen LogP contribution in [0.1, 0.15) is 31.3 Å². The van der Waals surface area contributed by atoms with Crippen molar-refractivity contribution in [2.24, 2.45) is 7.05 Å². The number of aromatic nitrogens is 2. The highest BCUT2D eigenvalue weighted by Gasteiger charge is 2.17. The fourth-order valence-electron chi connectivity index (χ4n) is 2.68. The molecule has 0 aliphatic carbocycles. The van der Waals surface area contributed by atoms with Crippen molar-refractivity contribution in [3.8, 4) is 0 Å². The first-order valence-corrected chi connectivity index (χ1v) is 7.72. The maximum atomic E-state index is 4.36. The molecular weight excluding hydrogens is 260 g/mol. The summed E-state index contributed by atoms with van der Waals surface area (Å²) >= 11 is 0. The summed E-state index contributed by atoms with van der Waals surface area (Å²) in [6, 6.07) is 11.1. The molecule has 0 aliphatic rings. The number of imidazole rings is 1. The van der Waals surface area contributed by atoms with Crippen LogP contribution in [0.15, 0.2) is 42.7 Å². The van der Waals surface area contributed by atoms with Crippen LogP contribution in [-0.4, -0.2) is 34.1 Å². The Labute approximate surface area is 127 Å². The van der Waals surface area contributed by atoms with Crippen LogP contribution in [0, 0.1) is 0 Å². The fraction of sp³-hybridized carbons (Fsp3) is 0.471. The van der Waals surface area contributed by atoms with E-state index >= 15 is 0 Å². The Hall–Kier alpha value is -1.65. The minimum Gasteiger partial charge on any atom is -0.337 e. The first kappa shape index (κ1) is 15.7. The lowest BCUT2D eigenvalue weighted by Crippen LogP contribution is -2.36. The SMILES string of the molecule is CCN(CC)C(CNCc1nccn1C)c1ccccc1. The molecule has 114 valence electrons. The van der Waals surface area contributed by atoms with Gasteiger partial charge in [-0.3, -0.25) is 4.90 Å². The van der Waals surface area contributed by atoms with Gasteiger partial charge in [-0.2, -0.15) is 0 Å². The number of hydrogen-bond acceptors (Lipinski definition) is 3. The van der Waals surface area contributed by atoms with Crippen molar-refractivity contribution in [1.82, 2.24) is 19.8 Å². The van der Waals surface area contributed by atoms with E-state index in [1.54, 1.807) is 0 Å². The number of benzene rings is 1. The third-order valence-corrected chi connectivity index (χ3v) is 3.98. The molecule has 1 atom stereocenters. The van der Waals surface area contributed by atoms with Crippen molar-refractivity contribution >= 4 is 0 Å². The Morgan fingerprint density at radius 2 is 1.90 bits per heavy atom. The predicted molar refractivity (Wildman–Crippen MR) is 87.0 cm³/mol. The summed E-state index contributed by atoms with van der Waals surface area (Å²) in [6.07, 6.45) is 3.83. The minimum absolute atomic E-state index is 0.404. The molecule has 1 aromatic carbocycles. The third kappa shape index (κ3) is 4.16. The van der Waals surface area contributed by atoms with Crippen LogP contribution in [0.5, 0.6) is 0 Å². The first-order valence-electron chi connectivity index (χ1n) is 7.72. The summed E-state index contributed by atoms with van der Waals surface area (Å²) in [7, 11) is 2.03. The van der Waals surface area contributed by atoms with Crippen LogP contribution in [0.2, 0.25) is 0 Å². The topological polar surface area (TPSA) is 33.1 Å². The first-order chi connectivity index (χ1) is 10.3. The van der Waals surface area contributed by atoms with Crippen molar-refractivity contribution in [2.75, 3.05) is 19.6 Å². The van der Waals surface area contributed by atoms with Gasteiger partial charge in [-0.05, 0) is 18.7 Å². The van der Waals surface area contributed by atoms with Crippen molar-refractivity contribution in [1.29, 1.82) is 0 Å². The van der Waals surface area contributed by atoms with E-state index in [1.807, 2.05) is 19.4 Å².